The number of benzene rings is 1. The quantitative estimate of drug-likeness (QED) is 0.822. The van der Waals surface area contributed by atoms with E-state index < -0.39 is 0 Å². The van der Waals surface area contributed by atoms with Crippen molar-refractivity contribution in [2.24, 2.45) is 0 Å². The number of carbonyl (C=O) groups is 2. The highest BCUT2D eigenvalue weighted by Gasteiger charge is 2.34. The number of rotatable bonds is 3. The molecule has 2 amide bonds. The molecule has 0 atom stereocenters. The fourth-order valence-electron chi connectivity index (χ4n) is 2.10. The second-order valence-electron chi connectivity index (χ2n) is 4.16. The predicted molar refractivity (Wildman–Crippen MR) is 64.1 cm³/mol. The van der Waals surface area contributed by atoms with Crippen LogP contribution in [-0.4, -0.2) is 33.5 Å². The molecule has 5 nitrogen and oxygen atoms in total. The minimum Gasteiger partial charge on any atom is -0.285 e. The summed E-state index contributed by atoms with van der Waals surface area (Å²) in [5.74, 6) is -0.418. The van der Waals surface area contributed by atoms with Crippen LogP contribution in [0.5, 0.6) is 0 Å². The third-order valence-electron chi connectivity index (χ3n) is 3.06. The summed E-state index contributed by atoms with van der Waals surface area (Å²) >= 11 is 0. The van der Waals surface area contributed by atoms with Gasteiger partial charge < -0.3 is 0 Å². The van der Waals surface area contributed by atoms with Crippen molar-refractivity contribution in [1.82, 2.24) is 15.1 Å². The zero-order chi connectivity index (χ0) is 12.5. The normalized spacial score (nSPS) is 14.1. The van der Waals surface area contributed by atoms with Crippen LogP contribution in [0.15, 0.2) is 36.7 Å². The van der Waals surface area contributed by atoms with E-state index in [0.717, 1.165) is 5.56 Å². The molecule has 0 saturated heterocycles. The van der Waals surface area contributed by atoms with Crippen LogP contribution in [0.1, 0.15) is 26.3 Å². The van der Waals surface area contributed by atoms with E-state index in [1.807, 2.05) is 0 Å². The maximum absolute atomic E-state index is 12.0. The number of nitrogens with one attached hydrogen (secondary N) is 1. The molecule has 90 valence electrons. The number of H-pyrrole nitrogens is 1. The summed E-state index contributed by atoms with van der Waals surface area (Å²) in [6.07, 6.45) is 4.07. The summed E-state index contributed by atoms with van der Waals surface area (Å²) < 4.78 is 0. The number of hydrogen-bond acceptors (Lipinski definition) is 3. The average Bonchev–Trinajstić information content (AvgIpc) is 2.98. The number of aromatic nitrogens is 2. The summed E-state index contributed by atoms with van der Waals surface area (Å²) in [7, 11) is 0. The van der Waals surface area contributed by atoms with Crippen molar-refractivity contribution >= 4 is 11.8 Å². The highest BCUT2D eigenvalue weighted by atomic mass is 16.2. The SMILES string of the molecule is O=C1c2ccccc2C(=O)N1CCc1cn[nH]c1. The summed E-state index contributed by atoms with van der Waals surface area (Å²) in [5.41, 5.74) is 1.97. The van der Waals surface area contributed by atoms with Crippen molar-refractivity contribution in [2.75, 3.05) is 6.54 Å². The zero-order valence-electron chi connectivity index (χ0n) is 9.59. The Kier molecular flexibility index (Phi) is 2.44. The zero-order valence-corrected chi connectivity index (χ0v) is 9.59. The summed E-state index contributed by atoms with van der Waals surface area (Å²) in [5, 5.41) is 6.54. The maximum Gasteiger partial charge on any atom is 0.261 e. The second-order valence-corrected chi connectivity index (χ2v) is 4.16. The minimum absolute atomic E-state index is 0.209. The predicted octanol–water partition coefficient (Wildman–Crippen LogP) is 1.25. The number of imide groups is 1. The summed E-state index contributed by atoms with van der Waals surface area (Å²) in [4.78, 5) is 25.4. The largest absolute Gasteiger partial charge is 0.285 e. The Balaban J connectivity index is 1.80. The highest BCUT2D eigenvalue weighted by Crippen LogP contribution is 2.22. The molecule has 5 heteroatoms. The smallest absolute Gasteiger partial charge is 0.261 e. The average molecular weight is 241 g/mol. The summed E-state index contributed by atoms with van der Waals surface area (Å²) in [6, 6.07) is 6.91. The van der Waals surface area contributed by atoms with Gasteiger partial charge in [-0.15, -0.1) is 0 Å². The molecule has 1 aliphatic rings. The lowest BCUT2D eigenvalue weighted by Gasteiger charge is -2.12. The van der Waals surface area contributed by atoms with E-state index >= 15 is 0 Å². The van der Waals surface area contributed by atoms with Crippen LogP contribution in [0.4, 0.5) is 0 Å². The van der Waals surface area contributed by atoms with Crippen LogP contribution in [0, 0.1) is 0 Å². The second kappa shape index (κ2) is 4.10. The standard InChI is InChI=1S/C13H11N3O2/c17-12-10-3-1-2-4-11(10)13(18)16(12)6-5-9-7-14-15-8-9/h1-4,7-8H,5-6H2,(H,14,15). The van der Waals surface area contributed by atoms with E-state index in [4.69, 9.17) is 0 Å². The summed E-state index contributed by atoms with van der Waals surface area (Å²) in [6.45, 7) is 0.381. The van der Waals surface area contributed by atoms with Crippen LogP contribution in [0.3, 0.4) is 0 Å². The lowest BCUT2D eigenvalue weighted by atomic mass is 10.1. The molecular weight excluding hydrogens is 230 g/mol. The lowest BCUT2D eigenvalue weighted by molar-refractivity contribution is 0.0656. The van der Waals surface area contributed by atoms with Crippen molar-refractivity contribution < 1.29 is 9.59 Å². The first kappa shape index (κ1) is 10.7. The molecular formula is C13H11N3O2. The van der Waals surface area contributed by atoms with Gasteiger partial charge in [-0.2, -0.15) is 5.10 Å². The number of carbonyl (C=O) groups excluding carboxylic acids is 2. The van der Waals surface area contributed by atoms with Gasteiger partial charge in [0.1, 0.15) is 0 Å². The highest BCUT2D eigenvalue weighted by molar-refractivity contribution is 6.21. The molecule has 2 aromatic rings. The molecule has 1 aromatic heterocycles. The molecule has 18 heavy (non-hydrogen) atoms. The van der Waals surface area contributed by atoms with Gasteiger partial charge >= 0.3 is 0 Å². The Bertz CT molecular complexity index is 569. The molecule has 1 aliphatic heterocycles. The molecule has 3 rings (SSSR count). The third-order valence-corrected chi connectivity index (χ3v) is 3.06. The molecule has 0 aliphatic carbocycles. The molecule has 0 bridgehead atoms. The molecule has 2 heterocycles. The first-order valence-electron chi connectivity index (χ1n) is 5.70. The number of amides is 2. The van der Waals surface area contributed by atoms with Gasteiger partial charge in [0, 0.05) is 12.7 Å². The van der Waals surface area contributed by atoms with Gasteiger partial charge in [0.15, 0.2) is 0 Å². The molecule has 0 radical (unpaired) electrons. The van der Waals surface area contributed by atoms with E-state index in [1.54, 1.807) is 36.7 Å². The monoisotopic (exact) mass is 241 g/mol. The topological polar surface area (TPSA) is 66.1 Å². The van der Waals surface area contributed by atoms with E-state index in [9.17, 15) is 9.59 Å². The maximum atomic E-state index is 12.0. The van der Waals surface area contributed by atoms with Crippen LogP contribution < -0.4 is 0 Å². The Labute approximate surface area is 103 Å². The fourth-order valence-corrected chi connectivity index (χ4v) is 2.10. The van der Waals surface area contributed by atoms with Crippen LogP contribution in [-0.2, 0) is 6.42 Å². The van der Waals surface area contributed by atoms with Crippen molar-refractivity contribution in [3.8, 4) is 0 Å². The third kappa shape index (κ3) is 1.60. The van der Waals surface area contributed by atoms with Crippen molar-refractivity contribution in [3.05, 3.63) is 53.3 Å². The Morgan fingerprint density at radius 3 is 2.33 bits per heavy atom. The van der Waals surface area contributed by atoms with E-state index in [0.29, 0.717) is 24.1 Å². The number of aromatic amines is 1. The molecule has 0 saturated carbocycles. The van der Waals surface area contributed by atoms with E-state index in [-0.39, 0.29) is 11.8 Å². The fraction of sp³-hybridized carbons (Fsp3) is 0.154. The Morgan fingerprint density at radius 2 is 1.78 bits per heavy atom. The number of nitrogens with zero attached hydrogens (tertiary/aromatic N) is 2. The first-order valence-corrected chi connectivity index (χ1v) is 5.70. The minimum atomic E-state index is -0.209. The van der Waals surface area contributed by atoms with Gasteiger partial charge in [-0.1, -0.05) is 12.1 Å². The van der Waals surface area contributed by atoms with Gasteiger partial charge in [0.25, 0.3) is 11.8 Å². The number of fused-ring (bicyclic) bond motifs is 1. The van der Waals surface area contributed by atoms with Gasteiger partial charge in [0.05, 0.1) is 17.3 Å². The van der Waals surface area contributed by atoms with Crippen molar-refractivity contribution in [2.45, 2.75) is 6.42 Å². The van der Waals surface area contributed by atoms with Gasteiger partial charge in [-0.25, -0.2) is 0 Å². The first-order chi connectivity index (χ1) is 8.77. The Hall–Kier alpha value is -2.43. The molecule has 1 N–H and O–H groups in total. The van der Waals surface area contributed by atoms with Gasteiger partial charge in [0.2, 0.25) is 0 Å². The van der Waals surface area contributed by atoms with Crippen LogP contribution >= 0.6 is 0 Å². The van der Waals surface area contributed by atoms with Gasteiger partial charge in [-0.05, 0) is 24.1 Å². The van der Waals surface area contributed by atoms with Crippen molar-refractivity contribution in [3.63, 3.8) is 0 Å². The van der Waals surface area contributed by atoms with E-state index in [1.165, 1.54) is 4.90 Å². The molecule has 0 fully saturated rings. The number of hydrogen-bond donors (Lipinski definition) is 1. The van der Waals surface area contributed by atoms with Crippen LogP contribution in [0.2, 0.25) is 0 Å². The lowest BCUT2D eigenvalue weighted by Crippen LogP contribution is -2.31. The van der Waals surface area contributed by atoms with Crippen molar-refractivity contribution in [1.29, 1.82) is 0 Å². The molecule has 0 unspecified atom stereocenters. The van der Waals surface area contributed by atoms with Crippen LogP contribution in [0.25, 0.3) is 0 Å². The molecule has 1 aromatic carbocycles. The Morgan fingerprint density at radius 1 is 1.11 bits per heavy atom. The molecule has 0 spiro atoms. The van der Waals surface area contributed by atoms with Gasteiger partial charge in [-0.3, -0.25) is 19.6 Å². The van der Waals surface area contributed by atoms with E-state index in [2.05, 4.69) is 10.2 Å².